The summed E-state index contributed by atoms with van der Waals surface area (Å²) in [6.45, 7) is 0.982. The van der Waals surface area contributed by atoms with Gasteiger partial charge < -0.3 is 15.2 Å². The van der Waals surface area contributed by atoms with Crippen LogP contribution in [0, 0.1) is 0 Å². The second kappa shape index (κ2) is 5.77. The highest BCUT2D eigenvalue weighted by Gasteiger charge is 2.20. The van der Waals surface area contributed by atoms with E-state index in [0.29, 0.717) is 18.0 Å². The maximum Gasteiger partial charge on any atom is 0.240 e. The van der Waals surface area contributed by atoms with E-state index in [9.17, 15) is 8.42 Å². The maximum atomic E-state index is 12.1. The van der Waals surface area contributed by atoms with Crippen LogP contribution in [0.5, 0.6) is 5.75 Å². The van der Waals surface area contributed by atoms with Crippen molar-refractivity contribution in [2.75, 3.05) is 26.0 Å². The Morgan fingerprint density at radius 3 is 2.89 bits per heavy atom. The number of nitrogen functional groups attached to an aromatic ring is 1. The first-order chi connectivity index (χ1) is 9.03. The average molecular weight is 286 g/mol. The van der Waals surface area contributed by atoms with Gasteiger partial charge in [-0.3, -0.25) is 0 Å². The van der Waals surface area contributed by atoms with Crippen LogP contribution in [-0.2, 0) is 14.8 Å². The predicted molar refractivity (Wildman–Crippen MR) is 71.6 cm³/mol. The lowest BCUT2D eigenvalue weighted by molar-refractivity contribution is 0.114. The smallest absolute Gasteiger partial charge is 0.240 e. The van der Waals surface area contributed by atoms with Crippen LogP contribution in [0.1, 0.15) is 12.8 Å². The standard InChI is InChI=1S/C12H18N2O4S/c1-17-12-5-4-10(7-11(12)13)19(15,16)14-8-9-3-2-6-18-9/h4-5,7,9,14H,2-3,6,8,13H2,1H3/t9-/m0/s1. The highest BCUT2D eigenvalue weighted by Crippen LogP contribution is 2.24. The molecule has 106 valence electrons. The molecule has 1 saturated heterocycles. The largest absolute Gasteiger partial charge is 0.495 e. The van der Waals surface area contributed by atoms with Crippen molar-refractivity contribution in [2.24, 2.45) is 0 Å². The minimum absolute atomic E-state index is 0.0367. The molecule has 0 radical (unpaired) electrons. The summed E-state index contributed by atoms with van der Waals surface area (Å²) in [7, 11) is -2.08. The lowest BCUT2D eigenvalue weighted by atomic mass is 10.2. The minimum Gasteiger partial charge on any atom is -0.495 e. The van der Waals surface area contributed by atoms with Crippen molar-refractivity contribution in [1.82, 2.24) is 4.72 Å². The molecule has 0 unspecified atom stereocenters. The number of nitrogens with one attached hydrogen (secondary N) is 1. The number of hydrogen-bond donors (Lipinski definition) is 2. The van der Waals surface area contributed by atoms with Crippen LogP contribution in [0.25, 0.3) is 0 Å². The van der Waals surface area contributed by atoms with Crippen molar-refractivity contribution in [1.29, 1.82) is 0 Å². The van der Waals surface area contributed by atoms with Crippen LogP contribution in [0.4, 0.5) is 5.69 Å². The first-order valence-electron chi connectivity index (χ1n) is 6.08. The maximum absolute atomic E-state index is 12.1. The molecule has 3 N–H and O–H groups in total. The zero-order valence-electron chi connectivity index (χ0n) is 10.8. The first-order valence-corrected chi connectivity index (χ1v) is 7.56. The molecular weight excluding hydrogens is 268 g/mol. The number of anilines is 1. The van der Waals surface area contributed by atoms with E-state index in [1.807, 2.05) is 0 Å². The Kier molecular flexibility index (Phi) is 4.28. The molecule has 0 aliphatic carbocycles. The third kappa shape index (κ3) is 3.37. The highest BCUT2D eigenvalue weighted by atomic mass is 32.2. The van der Waals surface area contributed by atoms with Gasteiger partial charge in [0, 0.05) is 13.2 Å². The summed E-state index contributed by atoms with van der Waals surface area (Å²) in [6.07, 6.45) is 1.82. The molecule has 1 aliphatic heterocycles. The fourth-order valence-electron chi connectivity index (χ4n) is 1.97. The van der Waals surface area contributed by atoms with Crippen LogP contribution in [0.3, 0.4) is 0 Å². The zero-order valence-corrected chi connectivity index (χ0v) is 11.6. The van der Waals surface area contributed by atoms with E-state index in [4.69, 9.17) is 15.2 Å². The Morgan fingerprint density at radius 1 is 1.53 bits per heavy atom. The molecule has 0 amide bonds. The van der Waals surface area contributed by atoms with Gasteiger partial charge >= 0.3 is 0 Å². The van der Waals surface area contributed by atoms with Crippen LogP contribution in [0.15, 0.2) is 23.1 Å². The van der Waals surface area contributed by atoms with Crippen LogP contribution in [0.2, 0.25) is 0 Å². The zero-order chi connectivity index (χ0) is 13.9. The molecule has 1 fully saturated rings. The third-order valence-corrected chi connectivity index (χ3v) is 4.46. The van der Waals surface area contributed by atoms with E-state index in [-0.39, 0.29) is 17.5 Å². The van der Waals surface area contributed by atoms with Crippen molar-refractivity contribution < 1.29 is 17.9 Å². The second-order valence-electron chi connectivity index (χ2n) is 4.39. The Morgan fingerprint density at radius 2 is 2.32 bits per heavy atom. The van der Waals surface area contributed by atoms with E-state index in [0.717, 1.165) is 12.8 Å². The monoisotopic (exact) mass is 286 g/mol. The molecule has 6 nitrogen and oxygen atoms in total. The Labute approximate surface area is 112 Å². The molecule has 19 heavy (non-hydrogen) atoms. The number of benzene rings is 1. The molecule has 0 saturated carbocycles. The lowest BCUT2D eigenvalue weighted by Gasteiger charge is -2.12. The number of nitrogens with two attached hydrogens (primary N) is 1. The Bertz CT molecular complexity index is 539. The molecule has 1 aromatic rings. The molecule has 1 heterocycles. The van der Waals surface area contributed by atoms with E-state index < -0.39 is 10.0 Å². The van der Waals surface area contributed by atoms with Crippen LogP contribution >= 0.6 is 0 Å². The summed E-state index contributed by atoms with van der Waals surface area (Å²) in [5, 5.41) is 0. The van der Waals surface area contributed by atoms with Crippen molar-refractivity contribution >= 4 is 15.7 Å². The average Bonchev–Trinajstić information content (AvgIpc) is 2.89. The lowest BCUT2D eigenvalue weighted by Crippen LogP contribution is -2.31. The molecule has 1 atom stereocenters. The fraction of sp³-hybridized carbons (Fsp3) is 0.500. The SMILES string of the molecule is COc1ccc(S(=O)(=O)NC[C@@H]2CCCO2)cc1N. The van der Waals surface area contributed by atoms with Crippen LogP contribution in [-0.4, -0.2) is 34.8 Å². The summed E-state index contributed by atoms with van der Waals surface area (Å²) >= 11 is 0. The summed E-state index contributed by atoms with van der Waals surface area (Å²) < 4.78 is 37.1. The van der Waals surface area contributed by atoms with E-state index >= 15 is 0 Å². The van der Waals surface area contributed by atoms with Gasteiger partial charge in [0.2, 0.25) is 10.0 Å². The van der Waals surface area contributed by atoms with Gasteiger partial charge in [0.25, 0.3) is 0 Å². The third-order valence-electron chi connectivity index (χ3n) is 3.04. The van der Waals surface area contributed by atoms with E-state index in [1.165, 1.54) is 25.3 Å². The molecule has 0 spiro atoms. The van der Waals surface area contributed by atoms with Gasteiger partial charge in [-0.1, -0.05) is 0 Å². The molecule has 7 heteroatoms. The molecule has 2 rings (SSSR count). The van der Waals surface area contributed by atoms with Crippen molar-refractivity contribution in [3.8, 4) is 5.75 Å². The van der Waals surface area contributed by atoms with E-state index in [2.05, 4.69) is 4.72 Å². The second-order valence-corrected chi connectivity index (χ2v) is 6.16. The Balaban J connectivity index is 2.08. The van der Waals surface area contributed by atoms with Gasteiger partial charge in [-0.05, 0) is 31.0 Å². The van der Waals surface area contributed by atoms with Gasteiger partial charge in [0.15, 0.2) is 0 Å². The summed E-state index contributed by atoms with van der Waals surface area (Å²) in [6, 6.07) is 4.39. The van der Waals surface area contributed by atoms with Gasteiger partial charge in [-0.15, -0.1) is 0 Å². The van der Waals surface area contributed by atoms with Gasteiger partial charge in [0.1, 0.15) is 5.75 Å². The minimum atomic E-state index is -3.56. The predicted octanol–water partition coefficient (Wildman–Crippen LogP) is 0.735. The number of rotatable bonds is 5. The van der Waals surface area contributed by atoms with Gasteiger partial charge in [-0.2, -0.15) is 0 Å². The summed E-state index contributed by atoms with van der Waals surface area (Å²) in [4.78, 5) is 0.129. The van der Waals surface area contributed by atoms with Crippen molar-refractivity contribution in [2.45, 2.75) is 23.8 Å². The van der Waals surface area contributed by atoms with Crippen molar-refractivity contribution in [3.63, 3.8) is 0 Å². The number of sulfonamides is 1. The molecule has 0 aromatic heterocycles. The fourth-order valence-corrected chi connectivity index (χ4v) is 3.07. The van der Waals surface area contributed by atoms with E-state index in [1.54, 1.807) is 0 Å². The van der Waals surface area contributed by atoms with Gasteiger partial charge in [-0.25, -0.2) is 13.1 Å². The highest BCUT2D eigenvalue weighted by molar-refractivity contribution is 7.89. The molecule has 1 aromatic carbocycles. The first kappa shape index (κ1) is 14.1. The number of methoxy groups -OCH3 is 1. The molecule has 1 aliphatic rings. The Hall–Kier alpha value is -1.31. The van der Waals surface area contributed by atoms with Crippen LogP contribution < -0.4 is 15.2 Å². The van der Waals surface area contributed by atoms with Gasteiger partial charge in [0.05, 0.1) is 23.8 Å². The molecular formula is C12H18N2O4S. The quantitative estimate of drug-likeness (QED) is 0.779. The summed E-state index contributed by atoms with van der Waals surface area (Å²) in [5.74, 6) is 0.457. The molecule has 0 bridgehead atoms. The van der Waals surface area contributed by atoms with Crippen molar-refractivity contribution in [3.05, 3.63) is 18.2 Å². The summed E-state index contributed by atoms with van der Waals surface area (Å²) in [5.41, 5.74) is 6.00. The topological polar surface area (TPSA) is 90.7 Å². The number of ether oxygens (including phenoxy) is 2. The normalized spacial score (nSPS) is 19.5. The number of hydrogen-bond acceptors (Lipinski definition) is 5.